The number of hydrogen-bond acceptors (Lipinski definition) is 10. The lowest BCUT2D eigenvalue weighted by Gasteiger charge is -2.23. The average molecular weight is 410 g/mol. The molecule has 1 fully saturated rings. The van der Waals surface area contributed by atoms with Gasteiger partial charge >= 0.3 is 17.9 Å². The van der Waals surface area contributed by atoms with Gasteiger partial charge in [-0.05, 0) is 0 Å². The maximum atomic E-state index is 11.7. The van der Waals surface area contributed by atoms with Crippen molar-refractivity contribution in [3.63, 3.8) is 0 Å². The molecule has 1 aliphatic rings. The normalized spacial score (nSPS) is 24.1. The molecule has 0 amide bonds. The number of esters is 3. The molecule has 3 heterocycles. The first-order valence-corrected chi connectivity index (χ1v) is 8.72. The minimum atomic E-state index is -1.01. The standard InChI is InChI=1S/C16H18N4O7S/c1-7(21)24-4-10-12(25-8(2)22)13(26-9(3)23)16(27-10)20-6-19-11-14(20)17-5-18-15(11)28/h5-6,10,12-13,16H,4H2,1-3H3,(H,17,18,28)/t10-,12+,13-,16+/m0/s1. The van der Waals surface area contributed by atoms with Gasteiger partial charge < -0.3 is 23.9 Å². The van der Waals surface area contributed by atoms with Crippen LogP contribution in [-0.4, -0.2) is 62.3 Å². The third-order valence-corrected chi connectivity index (χ3v) is 4.29. The number of aromatic nitrogens is 4. The maximum Gasteiger partial charge on any atom is 0.303 e. The number of rotatable bonds is 5. The highest BCUT2D eigenvalue weighted by Crippen LogP contribution is 2.35. The Morgan fingerprint density at radius 3 is 2.46 bits per heavy atom. The molecule has 0 unspecified atom stereocenters. The number of imidazole rings is 1. The van der Waals surface area contributed by atoms with Gasteiger partial charge in [0.2, 0.25) is 0 Å². The fourth-order valence-electron chi connectivity index (χ4n) is 2.98. The molecule has 0 aliphatic carbocycles. The molecule has 0 bridgehead atoms. The van der Waals surface area contributed by atoms with Crippen LogP contribution >= 0.6 is 12.2 Å². The van der Waals surface area contributed by atoms with E-state index in [-0.39, 0.29) is 11.2 Å². The molecule has 0 aromatic carbocycles. The predicted molar refractivity (Wildman–Crippen MR) is 94.4 cm³/mol. The Labute approximate surface area is 163 Å². The van der Waals surface area contributed by atoms with E-state index in [4.69, 9.17) is 31.2 Å². The summed E-state index contributed by atoms with van der Waals surface area (Å²) in [6.07, 6.45) is -0.920. The first-order valence-electron chi connectivity index (χ1n) is 8.31. The SMILES string of the molecule is CC(=O)OC[C@@H]1O[C@@H](n2cnc3c(=S)nc[nH]c32)[C@@H](OC(C)=O)[C@@H]1OC(C)=O. The lowest BCUT2D eigenvalue weighted by molar-refractivity contribution is -0.166. The third kappa shape index (κ3) is 4.02. The van der Waals surface area contributed by atoms with Crippen molar-refractivity contribution >= 4 is 41.3 Å². The zero-order chi connectivity index (χ0) is 20.4. The van der Waals surface area contributed by atoms with Gasteiger partial charge in [0.25, 0.3) is 0 Å². The molecular formula is C16H18N4O7S. The van der Waals surface area contributed by atoms with Crippen LogP contribution < -0.4 is 0 Å². The summed E-state index contributed by atoms with van der Waals surface area (Å²) in [5.41, 5.74) is 0.909. The van der Waals surface area contributed by atoms with E-state index < -0.39 is 42.4 Å². The average Bonchev–Trinajstić information content (AvgIpc) is 3.16. The third-order valence-electron chi connectivity index (χ3n) is 3.99. The van der Waals surface area contributed by atoms with Gasteiger partial charge in [-0.2, -0.15) is 0 Å². The van der Waals surface area contributed by atoms with Crippen LogP contribution in [0, 0.1) is 4.64 Å². The zero-order valence-corrected chi connectivity index (χ0v) is 16.1. The first-order chi connectivity index (χ1) is 13.3. The lowest BCUT2D eigenvalue weighted by Crippen LogP contribution is -2.40. The highest BCUT2D eigenvalue weighted by Gasteiger charge is 2.50. The number of nitrogens with zero attached hydrogens (tertiary/aromatic N) is 3. The van der Waals surface area contributed by atoms with Crippen LogP contribution in [0.1, 0.15) is 27.0 Å². The Bertz CT molecular complexity index is 971. The molecule has 150 valence electrons. The molecule has 3 rings (SSSR count). The molecule has 4 atom stereocenters. The van der Waals surface area contributed by atoms with Gasteiger partial charge in [-0.3, -0.25) is 19.0 Å². The summed E-state index contributed by atoms with van der Waals surface area (Å²) in [5.74, 6) is -1.72. The molecule has 12 heteroatoms. The van der Waals surface area contributed by atoms with E-state index in [1.807, 2.05) is 0 Å². The van der Waals surface area contributed by atoms with Crippen LogP contribution in [0.3, 0.4) is 0 Å². The van der Waals surface area contributed by atoms with Crippen molar-refractivity contribution in [2.75, 3.05) is 6.61 Å². The van der Waals surface area contributed by atoms with Gasteiger partial charge in [0, 0.05) is 20.8 Å². The number of carbonyl (C=O) groups excluding carboxylic acids is 3. The molecule has 11 nitrogen and oxygen atoms in total. The summed E-state index contributed by atoms with van der Waals surface area (Å²) >= 11 is 5.15. The van der Waals surface area contributed by atoms with Gasteiger partial charge in [-0.15, -0.1) is 0 Å². The predicted octanol–water partition coefficient (Wildman–Crippen LogP) is 0.813. The van der Waals surface area contributed by atoms with Crippen molar-refractivity contribution in [3.8, 4) is 0 Å². The first kappa shape index (κ1) is 19.9. The Morgan fingerprint density at radius 1 is 1.14 bits per heavy atom. The van der Waals surface area contributed by atoms with Crippen LogP contribution in [0.2, 0.25) is 0 Å². The summed E-state index contributed by atoms with van der Waals surface area (Å²) in [6, 6.07) is 0. The summed E-state index contributed by atoms with van der Waals surface area (Å²) in [6.45, 7) is 3.50. The van der Waals surface area contributed by atoms with E-state index in [0.717, 1.165) is 0 Å². The van der Waals surface area contributed by atoms with Gasteiger partial charge in [0.1, 0.15) is 23.9 Å². The summed E-state index contributed by atoms with van der Waals surface area (Å²) in [5, 5.41) is 0. The molecule has 0 spiro atoms. The second-order valence-electron chi connectivity index (χ2n) is 6.07. The molecule has 2 aromatic heterocycles. The van der Waals surface area contributed by atoms with E-state index in [0.29, 0.717) is 11.2 Å². The number of aromatic amines is 1. The van der Waals surface area contributed by atoms with E-state index in [1.165, 1.54) is 33.4 Å². The highest BCUT2D eigenvalue weighted by atomic mass is 32.1. The molecule has 0 saturated carbocycles. The Balaban J connectivity index is 2.02. The second-order valence-corrected chi connectivity index (χ2v) is 6.46. The summed E-state index contributed by atoms with van der Waals surface area (Å²) in [7, 11) is 0. The molecule has 2 aromatic rings. The van der Waals surface area contributed by atoms with Crippen molar-refractivity contribution in [3.05, 3.63) is 17.3 Å². The Morgan fingerprint density at radius 2 is 1.82 bits per heavy atom. The lowest BCUT2D eigenvalue weighted by atomic mass is 10.1. The van der Waals surface area contributed by atoms with Gasteiger partial charge in [0.15, 0.2) is 23.1 Å². The number of hydrogen-bond donors (Lipinski definition) is 1. The van der Waals surface area contributed by atoms with Crippen LogP contribution in [0.4, 0.5) is 0 Å². The topological polar surface area (TPSA) is 135 Å². The minimum absolute atomic E-state index is 0.189. The van der Waals surface area contributed by atoms with E-state index in [9.17, 15) is 14.4 Å². The van der Waals surface area contributed by atoms with E-state index >= 15 is 0 Å². The van der Waals surface area contributed by atoms with Crippen LogP contribution in [-0.2, 0) is 33.3 Å². The van der Waals surface area contributed by atoms with Crippen LogP contribution in [0.5, 0.6) is 0 Å². The van der Waals surface area contributed by atoms with Gasteiger partial charge in [-0.1, -0.05) is 12.2 Å². The van der Waals surface area contributed by atoms with Gasteiger partial charge in [-0.25, -0.2) is 9.97 Å². The quantitative estimate of drug-likeness (QED) is 0.428. The number of nitrogens with one attached hydrogen (secondary N) is 1. The molecule has 1 saturated heterocycles. The number of fused-ring (bicyclic) bond motifs is 1. The van der Waals surface area contributed by atoms with Gasteiger partial charge in [0.05, 0.1) is 12.7 Å². The zero-order valence-electron chi connectivity index (χ0n) is 15.3. The molecule has 0 radical (unpaired) electrons. The van der Waals surface area contributed by atoms with Crippen molar-refractivity contribution < 1.29 is 33.3 Å². The second kappa shape index (κ2) is 8.02. The Kier molecular flexibility index (Phi) is 5.70. The van der Waals surface area contributed by atoms with Crippen LogP contribution in [0.15, 0.2) is 12.7 Å². The number of H-pyrrole nitrogens is 1. The molecule has 28 heavy (non-hydrogen) atoms. The minimum Gasteiger partial charge on any atom is -0.463 e. The fraction of sp³-hybridized carbons (Fsp3) is 0.500. The summed E-state index contributed by atoms with van der Waals surface area (Å²) in [4.78, 5) is 45.6. The number of carbonyl (C=O) groups is 3. The molecule has 1 aliphatic heterocycles. The monoisotopic (exact) mass is 410 g/mol. The van der Waals surface area contributed by atoms with Crippen molar-refractivity contribution in [2.45, 2.75) is 45.3 Å². The van der Waals surface area contributed by atoms with Crippen molar-refractivity contribution in [1.29, 1.82) is 0 Å². The smallest absolute Gasteiger partial charge is 0.303 e. The van der Waals surface area contributed by atoms with E-state index in [1.54, 1.807) is 4.57 Å². The molecular weight excluding hydrogens is 392 g/mol. The Hall–Kier alpha value is -2.86. The largest absolute Gasteiger partial charge is 0.463 e. The van der Waals surface area contributed by atoms with Crippen molar-refractivity contribution in [2.24, 2.45) is 0 Å². The maximum absolute atomic E-state index is 11.7. The highest BCUT2D eigenvalue weighted by molar-refractivity contribution is 7.71. The van der Waals surface area contributed by atoms with E-state index in [2.05, 4.69) is 15.0 Å². The number of ether oxygens (including phenoxy) is 4. The van der Waals surface area contributed by atoms with Crippen molar-refractivity contribution in [1.82, 2.24) is 19.5 Å². The summed E-state index contributed by atoms with van der Waals surface area (Å²) < 4.78 is 23.5. The van der Waals surface area contributed by atoms with Crippen LogP contribution in [0.25, 0.3) is 11.2 Å². The fourth-order valence-corrected chi connectivity index (χ4v) is 3.19. The molecule has 1 N–H and O–H groups in total.